The first-order valence-electron chi connectivity index (χ1n) is 9.12. The number of nitrogens with one attached hydrogen (secondary N) is 1. The number of carbonyl (C=O) groups excluding carboxylic acids is 1. The summed E-state index contributed by atoms with van der Waals surface area (Å²) in [6.07, 6.45) is 1.92. The Kier molecular flexibility index (Phi) is 4.29. The molecule has 0 bridgehead atoms. The Hall–Kier alpha value is -2.21. The molecule has 3 heterocycles. The molecular weight excluding hydrogens is 314 g/mol. The highest BCUT2D eigenvalue weighted by molar-refractivity contribution is 5.95. The fraction of sp³-hybridized carbons (Fsp3) is 0.526. The molecule has 6 heteroatoms. The first-order valence-corrected chi connectivity index (χ1v) is 9.12. The van der Waals surface area contributed by atoms with Gasteiger partial charge in [-0.25, -0.2) is 0 Å². The molecule has 0 atom stereocenters. The van der Waals surface area contributed by atoms with Gasteiger partial charge >= 0.3 is 0 Å². The maximum atomic E-state index is 12.8. The Morgan fingerprint density at radius 2 is 1.96 bits per heavy atom. The van der Waals surface area contributed by atoms with Gasteiger partial charge in [0.1, 0.15) is 11.6 Å². The Bertz CT molecular complexity index is 789. The highest BCUT2D eigenvalue weighted by atomic mass is 16.2. The second-order valence-corrected chi connectivity index (χ2v) is 7.19. The van der Waals surface area contributed by atoms with E-state index in [1.165, 1.54) is 5.56 Å². The van der Waals surface area contributed by atoms with E-state index in [-0.39, 0.29) is 5.91 Å². The number of benzene rings is 1. The number of aryl methyl sites for hydroxylation is 2. The topological polar surface area (TPSA) is 63.1 Å². The summed E-state index contributed by atoms with van der Waals surface area (Å²) in [5, 5.41) is 12.1. The Morgan fingerprint density at radius 1 is 1.16 bits per heavy atom. The van der Waals surface area contributed by atoms with Crippen LogP contribution in [0.2, 0.25) is 0 Å². The fourth-order valence-electron chi connectivity index (χ4n) is 3.98. The van der Waals surface area contributed by atoms with Crippen LogP contribution in [0.3, 0.4) is 0 Å². The molecule has 0 radical (unpaired) electrons. The first kappa shape index (κ1) is 16.3. The minimum Gasteiger partial charge on any atom is -0.339 e. The molecule has 2 aliphatic rings. The summed E-state index contributed by atoms with van der Waals surface area (Å²) in [6, 6.07) is 6.06. The number of nitrogens with zero attached hydrogens (tertiary/aromatic N) is 4. The standard InChI is InChI=1S/C19H25N5O/c1-13-3-4-16(14(2)11-13)19(25)23-8-5-15(6-9-23)18-22-21-17-12-20-7-10-24(17)18/h3-4,11,15,20H,5-10,12H2,1-2H3. The van der Waals surface area contributed by atoms with Crippen molar-refractivity contribution in [3.63, 3.8) is 0 Å². The van der Waals surface area contributed by atoms with Crippen LogP contribution in [-0.2, 0) is 13.1 Å². The van der Waals surface area contributed by atoms with Gasteiger partial charge in [-0.3, -0.25) is 4.79 Å². The zero-order chi connectivity index (χ0) is 17.4. The summed E-state index contributed by atoms with van der Waals surface area (Å²) in [6.45, 7) is 8.37. The van der Waals surface area contributed by atoms with E-state index in [4.69, 9.17) is 0 Å². The number of likely N-dealkylation sites (tertiary alicyclic amines) is 1. The largest absolute Gasteiger partial charge is 0.339 e. The van der Waals surface area contributed by atoms with Gasteiger partial charge in [-0.05, 0) is 38.3 Å². The average Bonchev–Trinajstić information content (AvgIpc) is 3.05. The smallest absolute Gasteiger partial charge is 0.254 e. The maximum absolute atomic E-state index is 12.8. The summed E-state index contributed by atoms with van der Waals surface area (Å²) < 4.78 is 2.27. The number of hydrogen-bond acceptors (Lipinski definition) is 4. The third-order valence-electron chi connectivity index (χ3n) is 5.41. The lowest BCUT2D eigenvalue weighted by atomic mass is 9.94. The number of carbonyl (C=O) groups is 1. The number of piperidine rings is 1. The monoisotopic (exact) mass is 339 g/mol. The van der Waals surface area contributed by atoms with Crippen molar-refractivity contribution in [1.29, 1.82) is 0 Å². The van der Waals surface area contributed by atoms with Crippen LogP contribution in [0.1, 0.15) is 51.9 Å². The zero-order valence-electron chi connectivity index (χ0n) is 15.0. The highest BCUT2D eigenvalue weighted by Gasteiger charge is 2.29. The molecular formula is C19H25N5O. The van der Waals surface area contributed by atoms with E-state index in [0.717, 1.165) is 68.3 Å². The Morgan fingerprint density at radius 3 is 2.72 bits per heavy atom. The molecule has 6 nitrogen and oxygen atoms in total. The molecule has 0 aliphatic carbocycles. The summed E-state index contributed by atoms with van der Waals surface area (Å²) in [5.41, 5.74) is 3.08. The molecule has 0 spiro atoms. The minimum absolute atomic E-state index is 0.156. The Labute approximate surface area is 148 Å². The van der Waals surface area contributed by atoms with Crippen molar-refractivity contribution in [3.05, 3.63) is 46.5 Å². The third-order valence-corrected chi connectivity index (χ3v) is 5.41. The van der Waals surface area contributed by atoms with Crippen molar-refractivity contribution < 1.29 is 4.79 Å². The second kappa shape index (κ2) is 6.59. The van der Waals surface area contributed by atoms with Gasteiger partial charge in [-0.2, -0.15) is 0 Å². The van der Waals surface area contributed by atoms with E-state index in [2.05, 4.69) is 33.1 Å². The molecule has 4 rings (SSSR count). The minimum atomic E-state index is 0.156. The van der Waals surface area contributed by atoms with Gasteiger partial charge in [0.25, 0.3) is 5.91 Å². The summed E-state index contributed by atoms with van der Waals surface area (Å²) in [4.78, 5) is 14.8. The van der Waals surface area contributed by atoms with Crippen molar-refractivity contribution in [1.82, 2.24) is 25.0 Å². The molecule has 0 unspecified atom stereocenters. The van der Waals surface area contributed by atoms with Crippen LogP contribution >= 0.6 is 0 Å². The highest BCUT2D eigenvalue weighted by Crippen LogP contribution is 2.29. The number of hydrogen-bond donors (Lipinski definition) is 1. The summed E-state index contributed by atoms with van der Waals surface area (Å²) in [5.74, 6) is 2.70. The van der Waals surface area contributed by atoms with E-state index in [9.17, 15) is 4.79 Å². The number of amides is 1. The van der Waals surface area contributed by atoms with Crippen molar-refractivity contribution in [2.45, 2.75) is 45.7 Å². The van der Waals surface area contributed by atoms with Gasteiger partial charge in [-0.1, -0.05) is 17.7 Å². The number of fused-ring (bicyclic) bond motifs is 1. The average molecular weight is 339 g/mol. The van der Waals surface area contributed by atoms with Crippen LogP contribution < -0.4 is 5.32 Å². The molecule has 25 heavy (non-hydrogen) atoms. The van der Waals surface area contributed by atoms with E-state index in [1.54, 1.807) is 0 Å². The van der Waals surface area contributed by atoms with E-state index < -0.39 is 0 Å². The molecule has 1 amide bonds. The van der Waals surface area contributed by atoms with Crippen molar-refractivity contribution >= 4 is 5.91 Å². The molecule has 2 aliphatic heterocycles. The van der Waals surface area contributed by atoms with Gasteiger partial charge in [-0.15, -0.1) is 10.2 Å². The zero-order valence-corrected chi connectivity index (χ0v) is 15.0. The van der Waals surface area contributed by atoms with Gasteiger partial charge < -0.3 is 14.8 Å². The molecule has 2 aromatic rings. The van der Waals surface area contributed by atoms with Gasteiger partial charge in [0.15, 0.2) is 0 Å². The summed E-state index contributed by atoms with van der Waals surface area (Å²) in [7, 11) is 0. The van der Waals surface area contributed by atoms with Crippen molar-refractivity contribution in [2.24, 2.45) is 0 Å². The number of rotatable bonds is 2. The molecule has 0 saturated carbocycles. The lowest BCUT2D eigenvalue weighted by Gasteiger charge is -2.32. The van der Waals surface area contributed by atoms with Crippen LogP contribution in [-0.4, -0.2) is 45.2 Å². The van der Waals surface area contributed by atoms with Crippen molar-refractivity contribution in [3.8, 4) is 0 Å². The van der Waals surface area contributed by atoms with Gasteiger partial charge in [0.05, 0.1) is 6.54 Å². The SMILES string of the molecule is Cc1ccc(C(=O)N2CCC(c3nnc4n3CCNC4)CC2)c(C)c1. The molecule has 1 aromatic heterocycles. The maximum Gasteiger partial charge on any atom is 0.254 e. The van der Waals surface area contributed by atoms with Crippen LogP contribution in [0, 0.1) is 13.8 Å². The van der Waals surface area contributed by atoms with Crippen LogP contribution in [0.15, 0.2) is 18.2 Å². The molecule has 1 N–H and O–H groups in total. The van der Waals surface area contributed by atoms with Crippen molar-refractivity contribution in [2.75, 3.05) is 19.6 Å². The first-order chi connectivity index (χ1) is 12.1. The molecule has 1 aromatic carbocycles. The summed E-state index contributed by atoms with van der Waals surface area (Å²) >= 11 is 0. The number of aromatic nitrogens is 3. The van der Waals surface area contributed by atoms with E-state index in [1.807, 2.05) is 24.0 Å². The quantitative estimate of drug-likeness (QED) is 0.909. The lowest BCUT2D eigenvalue weighted by molar-refractivity contribution is 0.0709. The fourth-order valence-corrected chi connectivity index (χ4v) is 3.98. The third kappa shape index (κ3) is 3.06. The van der Waals surface area contributed by atoms with E-state index >= 15 is 0 Å². The predicted molar refractivity (Wildman–Crippen MR) is 95.5 cm³/mol. The molecule has 1 saturated heterocycles. The predicted octanol–water partition coefficient (Wildman–Crippen LogP) is 2.02. The lowest BCUT2D eigenvalue weighted by Crippen LogP contribution is -2.39. The van der Waals surface area contributed by atoms with Crippen LogP contribution in [0.4, 0.5) is 0 Å². The van der Waals surface area contributed by atoms with Crippen LogP contribution in [0.25, 0.3) is 0 Å². The van der Waals surface area contributed by atoms with Gasteiger partial charge in [0, 0.05) is 37.7 Å². The van der Waals surface area contributed by atoms with E-state index in [0.29, 0.717) is 5.92 Å². The molecule has 132 valence electrons. The van der Waals surface area contributed by atoms with Gasteiger partial charge in [0.2, 0.25) is 0 Å². The molecule has 1 fully saturated rings. The Balaban J connectivity index is 1.44. The normalized spacial score (nSPS) is 18.2. The van der Waals surface area contributed by atoms with Crippen LogP contribution in [0.5, 0.6) is 0 Å². The second-order valence-electron chi connectivity index (χ2n) is 7.19.